The van der Waals surface area contributed by atoms with Crippen LogP contribution >= 0.6 is 0 Å². The molecule has 26 heavy (non-hydrogen) atoms. The first-order valence-electron chi connectivity index (χ1n) is 9.01. The molecule has 5 rings (SSSR count). The molecule has 6 heteroatoms. The summed E-state index contributed by atoms with van der Waals surface area (Å²) in [6, 6.07) is 9.21. The van der Waals surface area contributed by atoms with E-state index < -0.39 is 0 Å². The van der Waals surface area contributed by atoms with Gasteiger partial charge < -0.3 is 19.7 Å². The van der Waals surface area contributed by atoms with Crippen molar-refractivity contribution in [1.82, 2.24) is 15.2 Å². The van der Waals surface area contributed by atoms with Crippen LogP contribution in [0.4, 0.5) is 0 Å². The van der Waals surface area contributed by atoms with Crippen molar-refractivity contribution in [3.63, 3.8) is 0 Å². The van der Waals surface area contributed by atoms with Crippen LogP contribution in [0.15, 0.2) is 42.7 Å². The molecule has 1 amide bonds. The molecule has 0 radical (unpaired) electrons. The first-order chi connectivity index (χ1) is 12.7. The number of aromatic nitrogens is 1. The molecule has 0 aliphatic carbocycles. The molecule has 4 heterocycles. The van der Waals surface area contributed by atoms with Gasteiger partial charge in [0.25, 0.3) is 5.91 Å². The van der Waals surface area contributed by atoms with E-state index >= 15 is 0 Å². The average molecular weight is 353 g/mol. The highest BCUT2D eigenvalue weighted by Crippen LogP contribution is 2.28. The Hall–Kier alpha value is -2.60. The largest absolute Gasteiger partial charge is 0.495 e. The van der Waals surface area contributed by atoms with E-state index in [0.29, 0.717) is 28.7 Å². The third kappa shape index (κ3) is 3.65. The number of fused-ring (bicyclic) bond motifs is 3. The van der Waals surface area contributed by atoms with Gasteiger partial charge in [-0.15, -0.1) is 0 Å². The van der Waals surface area contributed by atoms with Crippen molar-refractivity contribution in [2.24, 2.45) is 5.92 Å². The third-order valence-electron chi connectivity index (χ3n) is 5.25. The van der Waals surface area contributed by atoms with Crippen LogP contribution in [0.2, 0.25) is 0 Å². The van der Waals surface area contributed by atoms with Gasteiger partial charge in [-0.05, 0) is 56.1 Å². The normalized spacial score (nSPS) is 24.1. The molecule has 1 aromatic heterocycles. The zero-order valence-electron chi connectivity index (χ0n) is 14.9. The number of rotatable bonds is 5. The lowest BCUT2D eigenvalue weighted by Crippen LogP contribution is -2.57. The highest BCUT2D eigenvalue weighted by molar-refractivity contribution is 5.94. The Labute approximate surface area is 153 Å². The number of nitrogens with one attached hydrogen (secondary N) is 1. The van der Waals surface area contributed by atoms with E-state index in [1.54, 1.807) is 49.8 Å². The van der Waals surface area contributed by atoms with E-state index in [2.05, 4.69) is 15.2 Å². The van der Waals surface area contributed by atoms with Gasteiger partial charge in [0, 0.05) is 24.2 Å². The van der Waals surface area contributed by atoms with Gasteiger partial charge in [-0.2, -0.15) is 0 Å². The van der Waals surface area contributed by atoms with Crippen molar-refractivity contribution in [2.45, 2.75) is 18.9 Å². The second-order valence-corrected chi connectivity index (χ2v) is 6.90. The van der Waals surface area contributed by atoms with E-state index in [4.69, 9.17) is 9.47 Å². The number of carbonyl (C=O) groups is 1. The third-order valence-corrected chi connectivity index (χ3v) is 5.25. The minimum Gasteiger partial charge on any atom is -0.495 e. The van der Waals surface area contributed by atoms with Gasteiger partial charge in [0.2, 0.25) is 0 Å². The zero-order chi connectivity index (χ0) is 17.9. The molecule has 3 aliphatic rings. The lowest BCUT2D eigenvalue weighted by molar-refractivity contribution is 0.0620. The van der Waals surface area contributed by atoms with Gasteiger partial charge in [-0.3, -0.25) is 9.78 Å². The summed E-state index contributed by atoms with van der Waals surface area (Å²) in [4.78, 5) is 19.0. The van der Waals surface area contributed by atoms with Gasteiger partial charge in [0.15, 0.2) is 0 Å². The molecule has 1 atom stereocenters. The molecule has 2 aromatic rings. The number of methoxy groups -OCH3 is 1. The van der Waals surface area contributed by atoms with Gasteiger partial charge in [0.1, 0.15) is 17.2 Å². The minimum atomic E-state index is -0.0154. The molecule has 1 aromatic carbocycles. The lowest BCUT2D eigenvalue weighted by atomic mass is 9.84. The van der Waals surface area contributed by atoms with Crippen LogP contribution < -0.4 is 14.8 Å². The Balaban J connectivity index is 1.38. The molecular formula is C20H23N3O3. The van der Waals surface area contributed by atoms with Crippen molar-refractivity contribution in [1.29, 1.82) is 0 Å². The number of amides is 1. The second-order valence-electron chi connectivity index (χ2n) is 6.90. The van der Waals surface area contributed by atoms with Crippen molar-refractivity contribution in [3.8, 4) is 17.2 Å². The first-order valence-corrected chi connectivity index (χ1v) is 9.01. The van der Waals surface area contributed by atoms with Gasteiger partial charge in [-0.25, -0.2) is 0 Å². The Morgan fingerprint density at radius 2 is 1.85 bits per heavy atom. The molecule has 136 valence electrons. The maximum Gasteiger partial charge on any atom is 0.251 e. The summed E-state index contributed by atoms with van der Waals surface area (Å²) >= 11 is 0. The fourth-order valence-electron chi connectivity index (χ4n) is 3.76. The summed E-state index contributed by atoms with van der Waals surface area (Å²) in [7, 11) is 1.59. The highest BCUT2D eigenvalue weighted by Gasteiger charge is 2.34. The van der Waals surface area contributed by atoms with Crippen LogP contribution in [0.5, 0.6) is 17.2 Å². The van der Waals surface area contributed by atoms with Crippen LogP contribution in [0.3, 0.4) is 0 Å². The number of ether oxygens (including phenoxy) is 2. The SMILES string of the molecule is COc1cncc(Oc2ccc(C(=O)NC3CN4CCC3CC4)cc2)c1. The summed E-state index contributed by atoms with van der Waals surface area (Å²) in [6.45, 7) is 3.31. The topological polar surface area (TPSA) is 63.7 Å². The quantitative estimate of drug-likeness (QED) is 0.895. The molecule has 6 nitrogen and oxygen atoms in total. The lowest BCUT2D eigenvalue weighted by Gasteiger charge is -2.44. The average Bonchev–Trinajstić information content (AvgIpc) is 2.69. The maximum absolute atomic E-state index is 12.5. The van der Waals surface area contributed by atoms with Crippen molar-refractivity contribution >= 4 is 5.91 Å². The molecule has 0 spiro atoms. The van der Waals surface area contributed by atoms with Gasteiger partial charge in [-0.1, -0.05) is 0 Å². The molecule has 0 saturated carbocycles. The smallest absolute Gasteiger partial charge is 0.251 e. The second kappa shape index (κ2) is 7.33. The highest BCUT2D eigenvalue weighted by atomic mass is 16.5. The van der Waals surface area contributed by atoms with E-state index in [0.717, 1.165) is 6.54 Å². The number of carbonyl (C=O) groups excluding carboxylic acids is 1. The molecule has 2 bridgehead atoms. The number of pyridine rings is 1. The fraction of sp³-hybridized carbons (Fsp3) is 0.400. The van der Waals surface area contributed by atoms with E-state index in [-0.39, 0.29) is 11.9 Å². The maximum atomic E-state index is 12.5. The Kier molecular flexibility index (Phi) is 4.75. The van der Waals surface area contributed by atoms with Crippen LogP contribution in [-0.4, -0.2) is 48.6 Å². The fourth-order valence-corrected chi connectivity index (χ4v) is 3.76. The molecular weight excluding hydrogens is 330 g/mol. The number of benzene rings is 1. The summed E-state index contributed by atoms with van der Waals surface area (Å²) in [5.74, 6) is 2.48. The standard InChI is InChI=1S/C20H23N3O3/c1-25-17-10-18(12-21-11-17)26-16-4-2-15(3-5-16)20(24)22-19-13-23-8-6-14(19)7-9-23/h2-5,10-12,14,19H,6-9,13H2,1H3,(H,22,24). The molecule has 3 fully saturated rings. The Bertz CT molecular complexity index is 770. The summed E-state index contributed by atoms with van der Waals surface area (Å²) in [5, 5.41) is 3.20. The molecule has 3 aliphatic heterocycles. The summed E-state index contributed by atoms with van der Waals surface area (Å²) < 4.78 is 10.9. The first kappa shape index (κ1) is 16.8. The van der Waals surface area contributed by atoms with Crippen molar-refractivity contribution in [3.05, 3.63) is 48.3 Å². The van der Waals surface area contributed by atoms with E-state index in [1.807, 2.05) is 0 Å². The van der Waals surface area contributed by atoms with Gasteiger partial charge in [0.05, 0.1) is 19.5 Å². The minimum absolute atomic E-state index is 0.0154. The monoisotopic (exact) mass is 353 g/mol. The molecule has 3 saturated heterocycles. The van der Waals surface area contributed by atoms with Crippen molar-refractivity contribution < 1.29 is 14.3 Å². The number of hydrogen-bond donors (Lipinski definition) is 1. The van der Waals surface area contributed by atoms with Crippen LogP contribution in [-0.2, 0) is 0 Å². The van der Waals surface area contributed by atoms with E-state index in [1.165, 1.54) is 25.9 Å². The van der Waals surface area contributed by atoms with Gasteiger partial charge >= 0.3 is 0 Å². The predicted octanol–water partition coefficient (Wildman–Crippen LogP) is 2.71. The Morgan fingerprint density at radius 3 is 2.50 bits per heavy atom. The molecule has 1 N–H and O–H groups in total. The van der Waals surface area contributed by atoms with E-state index in [9.17, 15) is 4.79 Å². The number of hydrogen-bond acceptors (Lipinski definition) is 5. The van der Waals surface area contributed by atoms with Crippen LogP contribution in [0.1, 0.15) is 23.2 Å². The Morgan fingerprint density at radius 1 is 1.12 bits per heavy atom. The summed E-state index contributed by atoms with van der Waals surface area (Å²) in [6.07, 6.45) is 5.62. The number of piperidine rings is 3. The van der Waals surface area contributed by atoms with Crippen LogP contribution in [0.25, 0.3) is 0 Å². The van der Waals surface area contributed by atoms with Crippen molar-refractivity contribution in [2.75, 3.05) is 26.7 Å². The van der Waals surface area contributed by atoms with Crippen LogP contribution in [0, 0.1) is 5.92 Å². The summed E-state index contributed by atoms with van der Waals surface area (Å²) in [5.41, 5.74) is 0.651. The zero-order valence-corrected chi connectivity index (χ0v) is 14.9. The number of nitrogens with zero attached hydrogens (tertiary/aromatic N) is 2. The molecule has 1 unspecified atom stereocenters. The predicted molar refractivity (Wildman–Crippen MR) is 97.7 cm³/mol.